The van der Waals surface area contributed by atoms with Crippen molar-refractivity contribution in [3.05, 3.63) is 53.1 Å². The minimum atomic E-state index is -3.51. The topological polar surface area (TPSA) is 72.9 Å². The molecule has 3 rings (SSSR count). The number of rotatable bonds is 5. The van der Waals surface area contributed by atoms with Gasteiger partial charge in [-0.2, -0.15) is 0 Å². The molecule has 0 spiro atoms. The molecular formula is C18H18ClNO5S. The van der Waals surface area contributed by atoms with Crippen molar-refractivity contribution in [2.75, 3.05) is 27.3 Å². The number of likely N-dealkylation sites (tertiary alicyclic amines) is 1. The first kappa shape index (κ1) is 18.5. The molecule has 0 bridgehead atoms. The second-order valence-corrected chi connectivity index (χ2v) is 8.56. The molecule has 1 fully saturated rings. The summed E-state index contributed by atoms with van der Waals surface area (Å²) in [7, 11) is -0.524. The van der Waals surface area contributed by atoms with Gasteiger partial charge in [-0.3, -0.25) is 4.79 Å². The van der Waals surface area contributed by atoms with Crippen molar-refractivity contribution in [3.8, 4) is 11.5 Å². The van der Waals surface area contributed by atoms with Crippen LogP contribution >= 0.6 is 11.6 Å². The average Bonchev–Trinajstić information content (AvgIpc) is 2.60. The monoisotopic (exact) mass is 395 g/mol. The fraction of sp³-hybridized carbons (Fsp3) is 0.278. The minimum Gasteiger partial charge on any atom is -0.497 e. The van der Waals surface area contributed by atoms with Crippen molar-refractivity contribution < 1.29 is 22.7 Å². The predicted molar refractivity (Wildman–Crippen MR) is 97.9 cm³/mol. The van der Waals surface area contributed by atoms with Gasteiger partial charge in [0.2, 0.25) is 0 Å². The second kappa shape index (κ2) is 7.17. The lowest BCUT2D eigenvalue weighted by molar-refractivity contribution is 0.0655. The highest BCUT2D eigenvalue weighted by molar-refractivity contribution is 7.92. The van der Waals surface area contributed by atoms with Crippen LogP contribution in [0.5, 0.6) is 11.5 Å². The first-order valence-electron chi connectivity index (χ1n) is 7.87. The minimum absolute atomic E-state index is 0.128. The normalized spacial score (nSPS) is 14.7. The molecule has 1 aliphatic rings. The third-order valence-electron chi connectivity index (χ3n) is 4.35. The van der Waals surface area contributed by atoms with E-state index in [-0.39, 0.29) is 23.9 Å². The smallest absolute Gasteiger partial charge is 0.257 e. The van der Waals surface area contributed by atoms with E-state index in [0.717, 1.165) is 0 Å². The maximum atomic E-state index is 12.7. The molecule has 26 heavy (non-hydrogen) atoms. The molecule has 2 aromatic carbocycles. The van der Waals surface area contributed by atoms with Gasteiger partial charge in [0.25, 0.3) is 5.91 Å². The highest BCUT2D eigenvalue weighted by Crippen LogP contribution is 2.29. The largest absolute Gasteiger partial charge is 0.497 e. The van der Waals surface area contributed by atoms with E-state index in [2.05, 4.69) is 0 Å². The van der Waals surface area contributed by atoms with Gasteiger partial charge >= 0.3 is 0 Å². The summed E-state index contributed by atoms with van der Waals surface area (Å²) in [5.41, 5.74) is 0.320. The van der Waals surface area contributed by atoms with Gasteiger partial charge in [0.15, 0.2) is 9.84 Å². The summed E-state index contributed by atoms with van der Waals surface area (Å²) in [5.74, 6) is 0.689. The summed E-state index contributed by atoms with van der Waals surface area (Å²) in [4.78, 5) is 14.3. The molecule has 0 N–H and O–H groups in total. The Morgan fingerprint density at radius 1 is 1.08 bits per heavy atom. The zero-order valence-corrected chi connectivity index (χ0v) is 15.9. The third-order valence-corrected chi connectivity index (χ3v) is 6.69. The summed E-state index contributed by atoms with van der Waals surface area (Å²) in [6.07, 6.45) is 0. The van der Waals surface area contributed by atoms with Crippen LogP contribution < -0.4 is 9.47 Å². The number of halogens is 1. The van der Waals surface area contributed by atoms with Gasteiger partial charge in [0.05, 0.1) is 24.7 Å². The number of nitrogens with zero attached hydrogens (tertiary/aromatic N) is 1. The number of hydrogen-bond acceptors (Lipinski definition) is 5. The number of carbonyl (C=O) groups is 1. The number of sulfone groups is 1. The van der Waals surface area contributed by atoms with E-state index in [1.807, 2.05) is 0 Å². The van der Waals surface area contributed by atoms with E-state index in [1.54, 1.807) is 24.3 Å². The summed E-state index contributed by atoms with van der Waals surface area (Å²) >= 11 is 5.96. The van der Waals surface area contributed by atoms with Crippen molar-refractivity contribution in [2.24, 2.45) is 0 Å². The molecule has 6 nitrogen and oxygen atoms in total. The summed E-state index contributed by atoms with van der Waals surface area (Å²) < 4.78 is 35.6. The van der Waals surface area contributed by atoms with Crippen molar-refractivity contribution in [1.29, 1.82) is 0 Å². The number of methoxy groups -OCH3 is 2. The fourth-order valence-corrected chi connectivity index (χ4v) is 4.60. The maximum Gasteiger partial charge on any atom is 0.257 e. The number of carbonyl (C=O) groups excluding carboxylic acids is 1. The molecule has 1 heterocycles. The molecule has 0 unspecified atom stereocenters. The van der Waals surface area contributed by atoms with Crippen LogP contribution in [0.3, 0.4) is 0 Å². The molecule has 0 radical (unpaired) electrons. The average molecular weight is 396 g/mol. The van der Waals surface area contributed by atoms with Gasteiger partial charge in [0.1, 0.15) is 16.7 Å². The molecule has 1 saturated heterocycles. The van der Waals surface area contributed by atoms with Gasteiger partial charge in [-0.1, -0.05) is 11.6 Å². The van der Waals surface area contributed by atoms with E-state index in [9.17, 15) is 13.2 Å². The molecule has 0 saturated carbocycles. The van der Waals surface area contributed by atoms with Crippen LogP contribution in [0.25, 0.3) is 0 Å². The summed E-state index contributed by atoms with van der Waals surface area (Å²) in [5, 5.41) is -0.220. The number of ether oxygens (including phenoxy) is 2. The third kappa shape index (κ3) is 3.37. The molecule has 1 amide bonds. The van der Waals surface area contributed by atoms with Crippen molar-refractivity contribution in [1.82, 2.24) is 4.90 Å². The number of benzene rings is 2. The van der Waals surface area contributed by atoms with Gasteiger partial charge < -0.3 is 14.4 Å². The van der Waals surface area contributed by atoms with Crippen molar-refractivity contribution >= 4 is 27.3 Å². The first-order chi connectivity index (χ1) is 12.4. The van der Waals surface area contributed by atoms with Crippen LogP contribution in [0.4, 0.5) is 0 Å². The van der Waals surface area contributed by atoms with Crippen LogP contribution in [-0.4, -0.2) is 51.8 Å². The SMILES string of the molecule is COc1ccc(S(=O)(=O)C2CN(C(=O)c3cc(Cl)ccc3OC)C2)cc1. The molecule has 8 heteroatoms. The Kier molecular flexibility index (Phi) is 5.11. The standard InChI is InChI=1S/C18H18ClNO5S/c1-24-13-4-6-14(7-5-13)26(22,23)15-10-20(11-15)18(21)16-9-12(19)3-8-17(16)25-2/h3-9,15H,10-11H2,1-2H3. The Morgan fingerprint density at radius 2 is 1.73 bits per heavy atom. The van der Waals surface area contributed by atoms with Crippen LogP contribution in [0, 0.1) is 0 Å². The predicted octanol–water partition coefficient (Wildman–Crippen LogP) is 2.66. The highest BCUT2D eigenvalue weighted by Gasteiger charge is 2.41. The summed E-state index contributed by atoms with van der Waals surface area (Å²) in [6.45, 7) is 0.256. The van der Waals surface area contributed by atoms with E-state index in [0.29, 0.717) is 22.1 Å². The molecule has 0 aliphatic carbocycles. The molecular weight excluding hydrogens is 378 g/mol. The van der Waals surface area contributed by atoms with Crippen LogP contribution in [-0.2, 0) is 9.84 Å². The van der Waals surface area contributed by atoms with Gasteiger partial charge in [0, 0.05) is 18.1 Å². The Hall–Kier alpha value is -2.25. The first-order valence-corrected chi connectivity index (χ1v) is 9.80. The molecule has 0 aromatic heterocycles. The van der Waals surface area contributed by atoms with Crippen LogP contribution in [0.2, 0.25) is 5.02 Å². The lowest BCUT2D eigenvalue weighted by atomic mass is 10.1. The quantitative estimate of drug-likeness (QED) is 0.778. The van der Waals surface area contributed by atoms with Gasteiger partial charge in [-0.25, -0.2) is 8.42 Å². The number of hydrogen-bond donors (Lipinski definition) is 0. The maximum absolute atomic E-state index is 12.7. The van der Waals surface area contributed by atoms with E-state index < -0.39 is 15.1 Å². The fourth-order valence-electron chi connectivity index (χ4n) is 2.78. The van der Waals surface area contributed by atoms with Crippen molar-refractivity contribution in [2.45, 2.75) is 10.1 Å². The second-order valence-electron chi connectivity index (χ2n) is 5.90. The Morgan fingerprint density at radius 3 is 2.31 bits per heavy atom. The molecule has 0 atom stereocenters. The number of amides is 1. The highest BCUT2D eigenvalue weighted by atomic mass is 35.5. The molecule has 138 valence electrons. The van der Waals surface area contributed by atoms with Crippen LogP contribution in [0.1, 0.15) is 10.4 Å². The van der Waals surface area contributed by atoms with Gasteiger partial charge in [-0.15, -0.1) is 0 Å². The van der Waals surface area contributed by atoms with Crippen molar-refractivity contribution in [3.63, 3.8) is 0 Å². The van der Waals surface area contributed by atoms with Gasteiger partial charge in [-0.05, 0) is 42.5 Å². The Bertz CT molecular complexity index is 921. The van der Waals surface area contributed by atoms with E-state index in [4.69, 9.17) is 21.1 Å². The Balaban J connectivity index is 1.73. The van der Waals surface area contributed by atoms with E-state index in [1.165, 1.54) is 37.3 Å². The lowest BCUT2D eigenvalue weighted by Gasteiger charge is -2.38. The molecule has 2 aromatic rings. The lowest BCUT2D eigenvalue weighted by Crippen LogP contribution is -2.56. The zero-order chi connectivity index (χ0) is 18.9. The Labute approximate surface area is 157 Å². The zero-order valence-electron chi connectivity index (χ0n) is 14.3. The van der Waals surface area contributed by atoms with E-state index >= 15 is 0 Å². The molecule has 1 aliphatic heterocycles. The van der Waals surface area contributed by atoms with Crippen LogP contribution in [0.15, 0.2) is 47.4 Å². The summed E-state index contributed by atoms with van der Waals surface area (Å²) in [6, 6.07) is 11.0.